The van der Waals surface area contributed by atoms with E-state index in [1.54, 1.807) is 7.05 Å². The van der Waals surface area contributed by atoms with Crippen molar-refractivity contribution in [2.24, 2.45) is 11.7 Å². The normalized spacial score (nSPS) is 17.1. The summed E-state index contributed by atoms with van der Waals surface area (Å²) in [5.74, 6) is 0.574. The minimum absolute atomic E-state index is 0.260. The van der Waals surface area contributed by atoms with Gasteiger partial charge in [0.25, 0.3) is 0 Å². The molecule has 0 radical (unpaired) electrons. The molecule has 0 saturated heterocycles. The van der Waals surface area contributed by atoms with Crippen LogP contribution >= 0.6 is 0 Å². The van der Waals surface area contributed by atoms with E-state index in [-0.39, 0.29) is 5.75 Å². The molecule has 1 saturated carbocycles. The van der Waals surface area contributed by atoms with Crippen molar-refractivity contribution < 1.29 is 8.42 Å². The Hall–Kier alpha value is -1.07. The molecule has 0 aliphatic heterocycles. The molecule has 0 aromatic heterocycles. The van der Waals surface area contributed by atoms with Gasteiger partial charge in [-0.15, -0.1) is 0 Å². The average molecular weight is 296 g/mol. The Bertz CT molecular complexity index is 537. The summed E-state index contributed by atoms with van der Waals surface area (Å²) in [7, 11) is -1.61. The lowest BCUT2D eigenvalue weighted by Crippen LogP contribution is -2.32. The summed E-state index contributed by atoms with van der Waals surface area (Å²) >= 11 is 0. The van der Waals surface area contributed by atoms with Crippen molar-refractivity contribution >= 4 is 15.7 Å². The van der Waals surface area contributed by atoms with Gasteiger partial charge in [0, 0.05) is 13.6 Å². The van der Waals surface area contributed by atoms with Crippen LogP contribution in [0.3, 0.4) is 0 Å². The summed E-state index contributed by atoms with van der Waals surface area (Å²) in [5.41, 5.74) is 7.25. The zero-order valence-electron chi connectivity index (χ0n) is 12.1. The monoisotopic (exact) mass is 296 g/mol. The molecule has 0 unspecified atom stereocenters. The number of nitrogens with zero attached hydrogens (tertiary/aromatic N) is 1. The minimum atomic E-state index is -3.25. The number of hydrogen-bond donors (Lipinski definition) is 1. The number of anilines is 1. The van der Waals surface area contributed by atoms with Crippen LogP contribution in [0.25, 0.3) is 0 Å². The summed E-state index contributed by atoms with van der Waals surface area (Å²) in [6.07, 6.45) is 5.63. The molecule has 2 rings (SSSR count). The third-order valence-corrected chi connectivity index (χ3v) is 6.04. The van der Waals surface area contributed by atoms with Crippen molar-refractivity contribution in [1.29, 1.82) is 0 Å². The number of hydrogen-bond acceptors (Lipinski definition) is 3. The highest BCUT2D eigenvalue weighted by Crippen LogP contribution is 2.27. The quantitative estimate of drug-likeness (QED) is 0.908. The maximum absolute atomic E-state index is 12.5. The summed E-state index contributed by atoms with van der Waals surface area (Å²) in [4.78, 5) is 0. The van der Waals surface area contributed by atoms with Crippen molar-refractivity contribution in [3.05, 3.63) is 29.8 Å². The Morgan fingerprint density at radius 1 is 1.25 bits per heavy atom. The standard InChI is InChI=1S/C15H24N2O2S/c1-17(15-9-5-8-14(10-15)11-16)20(18,19)12-13-6-3-2-4-7-13/h5,8-10,13H,2-4,6-7,11-12,16H2,1H3. The van der Waals surface area contributed by atoms with E-state index in [0.29, 0.717) is 18.2 Å². The van der Waals surface area contributed by atoms with Crippen molar-refractivity contribution in [2.75, 3.05) is 17.1 Å². The SMILES string of the molecule is CN(c1cccc(CN)c1)S(=O)(=O)CC1CCCCC1. The Kier molecular flexibility index (Phi) is 5.05. The second-order valence-electron chi connectivity index (χ2n) is 5.62. The van der Waals surface area contributed by atoms with E-state index in [4.69, 9.17) is 5.73 Å². The molecule has 1 aliphatic carbocycles. The molecule has 0 amide bonds. The predicted molar refractivity (Wildman–Crippen MR) is 83.1 cm³/mol. The van der Waals surface area contributed by atoms with Crippen LogP contribution in [-0.4, -0.2) is 21.2 Å². The molecule has 0 atom stereocenters. The fourth-order valence-corrected chi connectivity index (χ4v) is 4.39. The topological polar surface area (TPSA) is 63.4 Å². The molecule has 0 spiro atoms. The molecule has 0 heterocycles. The maximum Gasteiger partial charge on any atom is 0.235 e. The first-order chi connectivity index (χ1) is 9.53. The molecule has 1 aromatic rings. The van der Waals surface area contributed by atoms with Crippen molar-refractivity contribution in [3.63, 3.8) is 0 Å². The number of rotatable bonds is 5. The van der Waals surface area contributed by atoms with Crippen LogP contribution in [0.15, 0.2) is 24.3 Å². The fraction of sp³-hybridized carbons (Fsp3) is 0.600. The highest BCUT2D eigenvalue weighted by atomic mass is 32.2. The third kappa shape index (κ3) is 3.73. The lowest BCUT2D eigenvalue weighted by Gasteiger charge is -2.26. The first-order valence-corrected chi connectivity index (χ1v) is 8.89. The molecule has 1 aromatic carbocycles. The maximum atomic E-state index is 12.5. The molecule has 20 heavy (non-hydrogen) atoms. The first kappa shape index (κ1) is 15.3. The van der Waals surface area contributed by atoms with Gasteiger partial charge in [-0.25, -0.2) is 8.42 Å². The van der Waals surface area contributed by atoms with Gasteiger partial charge in [0.05, 0.1) is 11.4 Å². The van der Waals surface area contributed by atoms with E-state index in [1.807, 2.05) is 24.3 Å². The lowest BCUT2D eigenvalue weighted by molar-refractivity contribution is 0.385. The van der Waals surface area contributed by atoms with Crippen LogP contribution in [-0.2, 0) is 16.6 Å². The van der Waals surface area contributed by atoms with E-state index < -0.39 is 10.0 Å². The molecular weight excluding hydrogens is 272 g/mol. The Morgan fingerprint density at radius 3 is 2.60 bits per heavy atom. The van der Waals surface area contributed by atoms with Gasteiger partial charge in [0.15, 0.2) is 0 Å². The summed E-state index contributed by atoms with van der Waals surface area (Å²) in [6.45, 7) is 0.421. The van der Waals surface area contributed by atoms with E-state index >= 15 is 0 Å². The molecular formula is C15H24N2O2S. The molecule has 2 N–H and O–H groups in total. The van der Waals surface area contributed by atoms with Crippen LogP contribution in [0.2, 0.25) is 0 Å². The lowest BCUT2D eigenvalue weighted by atomic mass is 9.91. The van der Waals surface area contributed by atoms with Crippen LogP contribution < -0.4 is 10.0 Å². The van der Waals surface area contributed by atoms with Crippen molar-refractivity contribution in [3.8, 4) is 0 Å². The molecule has 112 valence electrons. The Balaban J connectivity index is 2.10. The van der Waals surface area contributed by atoms with E-state index in [0.717, 1.165) is 31.2 Å². The number of nitrogens with two attached hydrogens (primary N) is 1. The van der Waals surface area contributed by atoms with Crippen molar-refractivity contribution in [1.82, 2.24) is 0 Å². The smallest absolute Gasteiger partial charge is 0.235 e. The Labute approximate surface area is 122 Å². The fourth-order valence-electron chi connectivity index (χ4n) is 2.80. The third-order valence-electron chi connectivity index (χ3n) is 4.10. The molecule has 1 fully saturated rings. The second kappa shape index (κ2) is 6.59. The zero-order chi connectivity index (χ0) is 14.6. The van der Waals surface area contributed by atoms with Gasteiger partial charge in [-0.2, -0.15) is 0 Å². The summed E-state index contributed by atoms with van der Waals surface area (Å²) in [5, 5.41) is 0. The van der Waals surface area contributed by atoms with E-state index in [1.165, 1.54) is 10.7 Å². The van der Waals surface area contributed by atoms with Crippen LogP contribution in [0.4, 0.5) is 5.69 Å². The van der Waals surface area contributed by atoms with Crippen LogP contribution in [0.5, 0.6) is 0 Å². The first-order valence-electron chi connectivity index (χ1n) is 7.28. The Morgan fingerprint density at radius 2 is 1.95 bits per heavy atom. The van der Waals surface area contributed by atoms with Gasteiger partial charge >= 0.3 is 0 Å². The highest BCUT2D eigenvalue weighted by molar-refractivity contribution is 7.92. The number of sulfonamides is 1. The predicted octanol–water partition coefficient (Wildman–Crippen LogP) is 2.49. The van der Waals surface area contributed by atoms with Gasteiger partial charge in [-0.3, -0.25) is 4.31 Å². The zero-order valence-corrected chi connectivity index (χ0v) is 12.9. The van der Waals surface area contributed by atoms with Gasteiger partial charge < -0.3 is 5.73 Å². The summed E-state index contributed by atoms with van der Waals surface area (Å²) in [6, 6.07) is 7.42. The number of benzene rings is 1. The van der Waals surface area contributed by atoms with Crippen molar-refractivity contribution in [2.45, 2.75) is 38.6 Å². The minimum Gasteiger partial charge on any atom is -0.326 e. The molecule has 5 heteroatoms. The molecule has 0 bridgehead atoms. The second-order valence-corrected chi connectivity index (χ2v) is 7.67. The van der Waals surface area contributed by atoms with E-state index in [9.17, 15) is 8.42 Å². The van der Waals surface area contributed by atoms with E-state index in [2.05, 4.69) is 0 Å². The largest absolute Gasteiger partial charge is 0.326 e. The van der Waals surface area contributed by atoms with Crippen LogP contribution in [0, 0.1) is 5.92 Å². The van der Waals surface area contributed by atoms with Crippen LogP contribution in [0.1, 0.15) is 37.7 Å². The average Bonchev–Trinajstić information content (AvgIpc) is 2.47. The highest BCUT2D eigenvalue weighted by Gasteiger charge is 2.25. The summed E-state index contributed by atoms with van der Waals surface area (Å²) < 4.78 is 26.4. The molecule has 4 nitrogen and oxygen atoms in total. The van der Waals surface area contributed by atoms with Gasteiger partial charge in [0.2, 0.25) is 10.0 Å². The van der Waals surface area contributed by atoms with Gasteiger partial charge in [-0.05, 0) is 36.5 Å². The molecule has 1 aliphatic rings. The van der Waals surface area contributed by atoms with Gasteiger partial charge in [-0.1, -0.05) is 31.4 Å². The van der Waals surface area contributed by atoms with Gasteiger partial charge in [0.1, 0.15) is 0 Å².